The number of benzene rings is 1. The van der Waals surface area contributed by atoms with Crippen molar-refractivity contribution in [2.45, 2.75) is 25.8 Å². The van der Waals surface area contributed by atoms with E-state index in [-0.39, 0.29) is 12.1 Å². The molecule has 0 bridgehead atoms. The van der Waals surface area contributed by atoms with Gasteiger partial charge in [0.25, 0.3) is 0 Å². The molecule has 0 aromatic heterocycles. The molecule has 1 aromatic rings. The molecule has 0 aliphatic heterocycles. The Hall–Kier alpha value is -1.65. The van der Waals surface area contributed by atoms with Crippen LogP contribution in [0.1, 0.15) is 20.3 Å². The Morgan fingerprint density at radius 3 is 2.53 bits per heavy atom. The number of hydrogen-bond donors (Lipinski definition) is 1. The molecule has 0 atom stereocenters. The van der Waals surface area contributed by atoms with E-state index in [0.29, 0.717) is 0 Å². The van der Waals surface area contributed by atoms with E-state index in [4.69, 9.17) is 5.11 Å². The number of nitrogens with zero attached hydrogens (tertiary/aromatic N) is 1. The van der Waals surface area contributed by atoms with Crippen LogP contribution >= 0.6 is 0 Å². The molecule has 1 rings (SSSR count). The SMILES string of the molecule is CN(c1cc(F)ccc1F)C(C)(C)CC(=O)O. The van der Waals surface area contributed by atoms with Crippen molar-refractivity contribution in [1.29, 1.82) is 0 Å². The molecule has 17 heavy (non-hydrogen) atoms. The predicted octanol–water partition coefficient (Wildman–Crippen LogP) is 2.65. The Labute approximate surface area is 98.7 Å². The molecule has 5 heteroatoms. The topological polar surface area (TPSA) is 40.5 Å². The maximum atomic E-state index is 13.5. The molecule has 0 amide bonds. The summed E-state index contributed by atoms with van der Waals surface area (Å²) in [5.74, 6) is -2.12. The number of aliphatic carboxylic acids is 1. The number of rotatable bonds is 4. The minimum Gasteiger partial charge on any atom is -0.481 e. The number of carbonyl (C=O) groups is 1. The normalized spacial score (nSPS) is 11.4. The summed E-state index contributed by atoms with van der Waals surface area (Å²) >= 11 is 0. The standard InChI is InChI=1S/C12H15F2NO2/c1-12(2,7-11(16)17)15(3)10-6-8(13)4-5-9(10)14/h4-6H,7H2,1-3H3,(H,16,17). The summed E-state index contributed by atoms with van der Waals surface area (Å²) in [5, 5.41) is 8.77. The summed E-state index contributed by atoms with van der Waals surface area (Å²) in [7, 11) is 1.54. The smallest absolute Gasteiger partial charge is 0.305 e. The fourth-order valence-corrected chi connectivity index (χ4v) is 1.56. The van der Waals surface area contributed by atoms with Crippen LogP contribution in [0, 0.1) is 11.6 Å². The van der Waals surface area contributed by atoms with Gasteiger partial charge < -0.3 is 10.0 Å². The lowest BCUT2D eigenvalue weighted by Gasteiger charge is -2.36. The molecule has 0 unspecified atom stereocenters. The van der Waals surface area contributed by atoms with Crippen molar-refractivity contribution < 1.29 is 18.7 Å². The molecule has 1 N–H and O–H groups in total. The zero-order valence-corrected chi connectivity index (χ0v) is 10.00. The molecule has 0 spiro atoms. The van der Waals surface area contributed by atoms with E-state index in [1.807, 2.05) is 0 Å². The molecule has 1 aromatic carbocycles. The Balaban J connectivity index is 3.06. The molecule has 0 saturated carbocycles. The molecular formula is C12H15F2NO2. The van der Waals surface area contributed by atoms with Crippen molar-refractivity contribution in [2.24, 2.45) is 0 Å². The summed E-state index contributed by atoms with van der Waals surface area (Å²) in [4.78, 5) is 12.1. The lowest BCUT2D eigenvalue weighted by molar-refractivity contribution is -0.138. The monoisotopic (exact) mass is 243 g/mol. The first-order valence-corrected chi connectivity index (χ1v) is 5.15. The molecule has 0 aliphatic rings. The van der Waals surface area contributed by atoms with Crippen LogP contribution in [0.25, 0.3) is 0 Å². The van der Waals surface area contributed by atoms with Crippen LogP contribution in [0.2, 0.25) is 0 Å². The van der Waals surface area contributed by atoms with E-state index in [1.54, 1.807) is 20.9 Å². The predicted molar refractivity (Wildman–Crippen MR) is 61.1 cm³/mol. The van der Waals surface area contributed by atoms with Crippen molar-refractivity contribution in [3.8, 4) is 0 Å². The minimum absolute atomic E-state index is 0.0521. The summed E-state index contributed by atoms with van der Waals surface area (Å²) in [5.41, 5.74) is -0.753. The Morgan fingerprint density at radius 2 is 2.00 bits per heavy atom. The van der Waals surface area contributed by atoms with Crippen LogP contribution in [-0.2, 0) is 4.79 Å². The summed E-state index contributed by atoms with van der Waals surface area (Å²) < 4.78 is 26.6. The highest BCUT2D eigenvalue weighted by atomic mass is 19.1. The van der Waals surface area contributed by atoms with Crippen molar-refractivity contribution >= 4 is 11.7 Å². The second-order valence-electron chi connectivity index (χ2n) is 4.54. The van der Waals surface area contributed by atoms with Gasteiger partial charge in [0.15, 0.2) is 0 Å². The molecule has 0 fully saturated rings. The first-order chi connectivity index (χ1) is 7.74. The zero-order chi connectivity index (χ0) is 13.2. The lowest BCUT2D eigenvalue weighted by atomic mass is 9.98. The van der Waals surface area contributed by atoms with Gasteiger partial charge in [-0.3, -0.25) is 4.79 Å². The summed E-state index contributed by atoms with van der Waals surface area (Å²) in [6, 6.07) is 3.10. The fourth-order valence-electron chi connectivity index (χ4n) is 1.56. The van der Waals surface area contributed by atoms with Crippen LogP contribution in [0.3, 0.4) is 0 Å². The quantitative estimate of drug-likeness (QED) is 0.883. The number of anilines is 1. The van der Waals surface area contributed by atoms with Gasteiger partial charge in [-0.1, -0.05) is 0 Å². The van der Waals surface area contributed by atoms with Gasteiger partial charge in [0.1, 0.15) is 11.6 Å². The van der Waals surface area contributed by atoms with Crippen LogP contribution in [0.5, 0.6) is 0 Å². The largest absolute Gasteiger partial charge is 0.481 e. The Bertz CT molecular complexity index is 433. The van der Waals surface area contributed by atoms with Gasteiger partial charge in [0.2, 0.25) is 0 Å². The van der Waals surface area contributed by atoms with Crippen molar-refractivity contribution in [2.75, 3.05) is 11.9 Å². The third-order valence-electron chi connectivity index (χ3n) is 2.76. The van der Waals surface area contributed by atoms with E-state index >= 15 is 0 Å². The van der Waals surface area contributed by atoms with Gasteiger partial charge >= 0.3 is 5.97 Å². The molecular weight excluding hydrogens is 228 g/mol. The van der Waals surface area contributed by atoms with Crippen molar-refractivity contribution in [3.05, 3.63) is 29.8 Å². The van der Waals surface area contributed by atoms with E-state index in [1.165, 1.54) is 4.90 Å². The average molecular weight is 243 g/mol. The molecule has 0 heterocycles. The van der Waals surface area contributed by atoms with Crippen molar-refractivity contribution in [3.63, 3.8) is 0 Å². The molecule has 0 radical (unpaired) electrons. The van der Waals surface area contributed by atoms with Gasteiger partial charge in [-0.25, -0.2) is 8.78 Å². The van der Waals surface area contributed by atoms with Crippen LogP contribution in [0.15, 0.2) is 18.2 Å². The maximum Gasteiger partial charge on any atom is 0.305 e. The van der Waals surface area contributed by atoms with Crippen LogP contribution < -0.4 is 4.90 Å². The second-order valence-corrected chi connectivity index (χ2v) is 4.54. The van der Waals surface area contributed by atoms with Gasteiger partial charge in [-0.15, -0.1) is 0 Å². The second kappa shape index (κ2) is 4.69. The third-order valence-corrected chi connectivity index (χ3v) is 2.76. The average Bonchev–Trinajstić information content (AvgIpc) is 2.18. The molecule has 94 valence electrons. The third kappa shape index (κ3) is 3.15. The zero-order valence-electron chi connectivity index (χ0n) is 10.00. The van der Waals surface area contributed by atoms with E-state index in [9.17, 15) is 13.6 Å². The molecule has 0 saturated heterocycles. The molecule has 0 aliphatic carbocycles. The van der Waals surface area contributed by atoms with Crippen molar-refractivity contribution in [1.82, 2.24) is 0 Å². The van der Waals surface area contributed by atoms with Gasteiger partial charge in [0, 0.05) is 18.7 Å². The molecule has 3 nitrogen and oxygen atoms in total. The van der Waals surface area contributed by atoms with Gasteiger partial charge in [0.05, 0.1) is 12.1 Å². The minimum atomic E-state index is -0.987. The number of carboxylic acids is 1. The summed E-state index contributed by atoms with van der Waals surface area (Å²) in [6.45, 7) is 3.32. The number of halogens is 2. The highest BCUT2D eigenvalue weighted by Gasteiger charge is 2.28. The van der Waals surface area contributed by atoms with E-state index in [0.717, 1.165) is 18.2 Å². The first kappa shape index (κ1) is 13.4. The Kier molecular flexibility index (Phi) is 3.70. The number of hydrogen-bond acceptors (Lipinski definition) is 2. The number of carboxylic acid groups (broad SMARTS) is 1. The maximum absolute atomic E-state index is 13.5. The highest BCUT2D eigenvalue weighted by Crippen LogP contribution is 2.27. The van der Waals surface area contributed by atoms with Gasteiger partial charge in [-0.2, -0.15) is 0 Å². The fraction of sp³-hybridized carbons (Fsp3) is 0.417. The Morgan fingerprint density at radius 1 is 1.41 bits per heavy atom. The van der Waals surface area contributed by atoms with E-state index < -0.39 is 23.1 Å². The summed E-state index contributed by atoms with van der Waals surface area (Å²) in [6.07, 6.45) is -0.167. The van der Waals surface area contributed by atoms with E-state index in [2.05, 4.69) is 0 Å². The van der Waals surface area contributed by atoms with Crippen LogP contribution in [-0.4, -0.2) is 23.7 Å². The van der Waals surface area contributed by atoms with Gasteiger partial charge in [-0.05, 0) is 26.0 Å². The highest BCUT2D eigenvalue weighted by molar-refractivity contribution is 5.69. The lowest BCUT2D eigenvalue weighted by Crippen LogP contribution is -2.43. The first-order valence-electron chi connectivity index (χ1n) is 5.15. The van der Waals surface area contributed by atoms with Crippen LogP contribution in [0.4, 0.5) is 14.5 Å².